The highest BCUT2D eigenvalue weighted by molar-refractivity contribution is 7.90. The van der Waals surface area contributed by atoms with Crippen LogP contribution in [0.4, 0.5) is 0 Å². The van der Waals surface area contributed by atoms with Gasteiger partial charge < -0.3 is 10.2 Å². The van der Waals surface area contributed by atoms with E-state index in [-0.39, 0.29) is 11.2 Å². The zero-order valence-electron chi connectivity index (χ0n) is 17.1. The molecule has 1 atom stereocenters. The molecule has 1 N–H and O–H groups in total. The molecule has 1 fully saturated rings. The van der Waals surface area contributed by atoms with E-state index in [1.54, 1.807) is 0 Å². The fourth-order valence-corrected chi connectivity index (χ4v) is 4.50. The third kappa shape index (κ3) is 7.97. The van der Waals surface area contributed by atoms with E-state index in [0.717, 1.165) is 37.4 Å². The number of hydrogen-bond donors (Lipinski definition) is 1. The van der Waals surface area contributed by atoms with Gasteiger partial charge in [0.25, 0.3) is 0 Å². The SMILES string of the molecule is CCNC(=NCC(C)(C)CCS(C)(=O)=O)N1CCC(C(CC)CC)C1. The lowest BCUT2D eigenvalue weighted by molar-refractivity contribution is 0.317. The van der Waals surface area contributed by atoms with Crippen molar-refractivity contribution in [2.45, 2.75) is 60.3 Å². The number of aliphatic imine (C=N–C) groups is 1. The van der Waals surface area contributed by atoms with E-state index in [4.69, 9.17) is 4.99 Å². The summed E-state index contributed by atoms with van der Waals surface area (Å²) < 4.78 is 22.9. The fraction of sp³-hybridized carbons (Fsp3) is 0.947. The van der Waals surface area contributed by atoms with E-state index in [1.807, 2.05) is 0 Å². The average Bonchev–Trinajstić information content (AvgIpc) is 3.00. The Morgan fingerprint density at radius 1 is 1.28 bits per heavy atom. The van der Waals surface area contributed by atoms with Gasteiger partial charge >= 0.3 is 0 Å². The molecule has 5 nitrogen and oxygen atoms in total. The normalized spacial score (nSPS) is 19.7. The minimum Gasteiger partial charge on any atom is -0.357 e. The summed E-state index contributed by atoms with van der Waals surface area (Å²) in [4.78, 5) is 7.24. The molecule has 1 aliphatic rings. The standard InChI is InChI=1S/C19H39N3O2S/c1-7-16(8-2)17-10-12-22(14-17)18(20-9-3)21-15-19(4,5)11-13-25(6,23)24/h16-17H,7-15H2,1-6H3,(H,20,21). The summed E-state index contributed by atoms with van der Waals surface area (Å²) in [6.45, 7) is 14.5. The van der Waals surface area contributed by atoms with Crippen molar-refractivity contribution < 1.29 is 8.42 Å². The maximum atomic E-state index is 11.4. The first kappa shape index (κ1) is 22.3. The van der Waals surface area contributed by atoms with Gasteiger partial charge in [-0.25, -0.2) is 8.42 Å². The zero-order chi connectivity index (χ0) is 19.1. The first-order valence-corrected chi connectivity index (χ1v) is 11.9. The number of likely N-dealkylation sites (tertiary alicyclic amines) is 1. The molecular weight excluding hydrogens is 334 g/mol. The Morgan fingerprint density at radius 3 is 2.44 bits per heavy atom. The van der Waals surface area contributed by atoms with Crippen LogP contribution in [-0.2, 0) is 9.84 Å². The molecule has 25 heavy (non-hydrogen) atoms. The van der Waals surface area contributed by atoms with Gasteiger partial charge in [-0.1, -0.05) is 40.5 Å². The van der Waals surface area contributed by atoms with Crippen molar-refractivity contribution in [3.05, 3.63) is 0 Å². The Morgan fingerprint density at radius 2 is 1.92 bits per heavy atom. The van der Waals surface area contributed by atoms with Crippen molar-refractivity contribution in [2.75, 3.05) is 38.2 Å². The summed E-state index contributed by atoms with van der Waals surface area (Å²) in [5, 5.41) is 3.42. The molecule has 1 unspecified atom stereocenters. The Hall–Kier alpha value is -0.780. The number of nitrogens with zero attached hydrogens (tertiary/aromatic N) is 2. The van der Waals surface area contributed by atoms with Crippen molar-refractivity contribution in [1.82, 2.24) is 10.2 Å². The van der Waals surface area contributed by atoms with E-state index in [0.29, 0.717) is 13.0 Å². The van der Waals surface area contributed by atoms with Gasteiger partial charge in [0.15, 0.2) is 5.96 Å². The summed E-state index contributed by atoms with van der Waals surface area (Å²) >= 11 is 0. The van der Waals surface area contributed by atoms with Crippen LogP contribution in [0.15, 0.2) is 4.99 Å². The van der Waals surface area contributed by atoms with Crippen molar-refractivity contribution in [2.24, 2.45) is 22.2 Å². The van der Waals surface area contributed by atoms with E-state index in [2.05, 4.69) is 44.8 Å². The second-order valence-electron chi connectivity index (χ2n) is 8.29. The molecular formula is C19H39N3O2S. The number of hydrogen-bond acceptors (Lipinski definition) is 3. The molecule has 1 aliphatic heterocycles. The lowest BCUT2D eigenvalue weighted by atomic mass is 9.87. The van der Waals surface area contributed by atoms with E-state index in [1.165, 1.54) is 25.5 Å². The van der Waals surface area contributed by atoms with Crippen LogP contribution in [0.3, 0.4) is 0 Å². The molecule has 0 amide bonds. The van der Waals surface area contributed by atoms with Gasteiger partial charge in [-0.3, -0.25) is 4.99 Å². The van der Waals surface area contributed by atoms with Gasteiger partial charge in [-0.15, -0.1) is 0 Å². The van der Waals surface area contributed by atoms with Gasteiger partial charge in [0.05, 0.1) is 5.75 Å². The highest BCUT2D eigenvalue weighted by Gasteiger charge is 2.29. The number of rotatable bonds is 9. The Balaban J connectivity index is 2.71. The molecule has 0 aromatic carbocycles. The molecule has 6 heteroatoms. The van der Waals surface area contributed by atoms with Crippen molar-refractivity contribution in [3.8, 4) is 0 Å². The van der Waals surface area contributed by atoms with Crippen LogP contribution in [-0.4, -0.2) is 57.5 Å². The smallest absolute Gasteiger partial charge is 0.193 e. The molecule has 0 spiro atoms. The zero-order valence-corrected chi connectivity index (χ0v) is 18.0. The number of nitrogens with one attached hydrogen (secondary N) is 1. The predicted molar refractivity (Wildman–Crippen MR) is 108 cm³/mol. The second kappa shape index (κ2) is 9.79. The fourth-order valence-electron chi connectivity index (χ4n) is 3.58. The van der Waals surface area contributed by atoms with Crippen LogP contribution in [0.5, 0.6) is 0 Å². The molecule has 0 aliphatic carbocycles. The van der Waals surface area contributed by atoms with Crippen LogP contribution in [0.25, 0.3) is 0 Å². The van der Waals surface area contributed by atoms with Crippen molar-refractivity contribution in [1.29, 1.82) is 0 Å². The lowest BCUT2D eigenvalue weighted by Crippen LogP contribution is -2.41. The van der Waals surface area contributed by atoms with E-state index < -0.39 is 9.84 Å². The summed E-state index contributed by atoms with van der Waals surface area (Å²) in [6, 6.07) is 0. The minimum atomic E-state index is -2.92. The first-order valence-electron chi connectivity index (χ1n) is 9.82. The van der Waals surface area contributed by atoms with E-state index >= 15 is 0 Å². The largest absolute Gasteiger partial charge is 0.357 e. The Bertz CT molecular complexity index is 525. The number of sulfone groups is 1. The maximum absolute atomic E-state index is 11.4. The molecule has 1 rings (SSSR count). The molecule has 0 saturated carbocycles. The molecule has 1 saturated heterocycles. The summed E-state index contributed by atoms with van der Waals surface area (Å²) in [5.41, 5.74) is -0.113. The van der Waals surface area contributed by atoms with E-state index in [9.17, 15) is 8.42 Å². The van der Waals surface area contributed by atoms with Crippen molar-refractivity contribution >= 4 is 15.8 Å². The summed E-state index contributed by atoms with van der Waals surface area (Å²) in [7, 11) is -2.92. The highest BCUT2D eigenvalue weighted by atomic mass is 32.2. The second-order valence-corrected chi connectivity index (χ2v) is 10.5. The average molecular weight is 374 g/mol. The molecule has 0 aromatic rings. The number of guanidine groups is 1. The molecule has 0 aromatic heterocycles. The third-order valence-corrected chi connectivity index (χ3v) is 6.33. The molecule has 1 heterocycles. The van der Waals surface area contributed by atoms with Gasteiger partial charge in [-0.05, 0) is 37.0 Å². The highest BCUT2D eigenvalue weighted by Crippen LogP contribution is 2.29. The molecule has 0 bridgehead atoms. The maximum Gasteiger partial charge on any atom is 0.193 e. The Labute approximate surface area is 155 Å². The topological polar surface area (TPSA) is 61.8 Å². The van der Waals surface area contributed by atoms with Crippen LogP contribution in [0.1, 0.15) is 60.3 Å². The first-order chi connectivity index (χ1) is 11.6. The van der Waals surface area contributed by atoms with Gasteiger partial charge in [0.1, 0.15) is 9.84 Å². The van der Waals surface area contributed by atoms with Crippen LogP contribution in [0, 0.1) is 17.3 Å². The molecule has 148 valence electrons. The molecule has 0 radical (unpaired) electrons. The van der Waals surface area contributed by atoms with Crippen LogP contribution >= 0.6 is 0 Å². The van der Waals surface area contributed by atoms with Gasteiger partial charge in [0, 0.05) is 32.4 Å². The monoisotopic (exact) mass is 373 g/mol. The van der Waals surface area contributed by atoms with Crippen LogP contribution in [0.2, 0.25) is 0 Å². The minimum absolute atomic E-state index is 0.113. The summed E-state index contributed by atoms with van der Waals surface area (Å²) in [6.07, 6.45) is 5.69. The lowest BCUT2D eigenvalue weighted by Gasteiger charge is -2.26. The predicted octanol–water partition coefficient (Wildman–Crippen LogP) is 3.17. The Kier molecular flexibility index (Phi) is 8.72. The quantitative estimate of drug-likeness (QED) is 0.498. The third-order valence-electron chi connectivity index (χ3n) is 5.38. The van der Waals surface area contributed by atoms with Crippen LogP contribution < -0.4 is 5.32 Å². The van der Waals surface area contributed by atoms with Gasteiger partial charge in [0.2, 0.25) is 0 Å². The summed E-state index contributed by atoms with van der Waals surface area (Å²) in [5.74, 6) is 2.78. The van der Waals surface area contributed by atoms with Gasteiger partial charge in [-0.2, -0.15) is 0 Å². The van der Waals surface area contributed by atoms with Crippen molar-refractivity contribution in [3.63, 3.8) is 0 Å².